The number of aromatic nitrogens is 2. The van der Waals surface area contributed by atoms with Crippen LogP contribution in [0.25, 0.3) is 0 Å². The first-order chi connectivity index (χ1) is 8.22. The van der Waals surface area contributed by atoms with Crippen molar-refractivity contribution in [3.8, 4) is 0 Å². The Labute approximate surface area is 104 Å². The van der Waals surface area contributed by atoms with Gasteiger partial charge in [-0.2, -0.15) is 11.8 Å². The molecule has 0 radical (unpaired) electrons. The minimum absolute atomic E-state index is 0.000692. The van der Waals surface area contributed by atoms with Crippen LogP contribution in [0.5, 0.6) is 0 Å². The number of nitrogens with zero attached hydrogens (tertiary/aromatic N) is 2. The fourth-order valence-electron chi connectivity index (χ4n) is 2.15. The highest BCUT2D eigenvalue weighted by atomic mass is 32.2. The number of aromatic carboxylic acids is 1. The lowest BCUT2D eigenvalue weighted by Gasteiger charge is -2.20. The molecule has 0 aromatic carbocycles. The Bertz CT molecular complexity index is 413. The number of rotatable bonds is 4. The van der Waals surface area contributed by atoms with Gasteiger partial charge in [-0.05, 0) is 19.1 Å². The Balaban J connectivity index is 2.15. The fraction of sp³-hybridized carbons (Fsp3) is 0.545. The van der Waals surface area contributed by atoms with Gasteiger partial charge in [0.25, 0.3) is 0 Å². The number of carbonyl (C=O) groups is 1. The van der Waals surface area contributed by atoms with Gasteiger partial charge in [0.05, 0.1) is 0 Å². The molecule has 2 atom stereocenters. The lowest BCUT2D eigenvalue weighted by molar-refractivity contribution is 0.0691. The van der Waals surface area contributed by atoms with Crippen LogP contribution in [0.15, 0.2) is 12.4 Å². The number of carboxylic acid groups (broad SMARTS) is 1. The van der Waals surface area contributed by atoms with E-state index >= 15 is 0 Å². The molecule has 2 N–H and O–H groups in total. The average molecular weight is 253 g/mol. The van der Waals surface area contributed by atoms with Crippen LogP contribution >= 0.6 is 11.8 Å². The summed E-state index contributed by atoms with van der Waals surface area (Å²) in [6.45, 7) is 0. The van der Waals surface area contributed by atoms with Gasteiger partial charge in [0.15, 0.2) is 11.5 Å². The van der Waals surface area contributed by atoms with Crippen LogP contribution in [0.1, 0.15) is 29.8 Å². The van der Waals surface area contributed by atoms with Gasteiger partial charge in [-0.25, -0.2) is 14.8 Å². The maximum atomic E-state index is 11.0. The maximum Gasteiger partial charge on any atom is 0.358 e. The second kappa shape index (κ2) is 5.35. The minimum atomic E-state index is -1.04. The van der Waals surface area contributed by atoms with Crippen LogP contribution in [-0.2, 0) is 0 Å². The average Bonchev–Trinajstić information content (AvgIpc) is 2.77. The second-order valence-electron chi connectivity index (χ2n) is 4.01. The topological polar surface area (TPSA) is 75.1 Å². The van der Waals surface area contributed by atoms with Gasteiger partial charge >= 0.3 is 5.97 Å². The van der Waals surface area contributed by atoms with Crippen molar-refractivity contribution < 1.29 is 9.90 Å². The minimum Gasteiger partial charge on any atom is -0.476 e. The highest BCUT2D eigenvalue weighted by Gasteiger charge is 2.28. The van der Waals surface area contributed by atoms with E-state index in [0.29, 0.717) is 17.1 Å². The maximum absolute atomic E-state index is 11.0. The van der Waals surface area contributed by atoms with Crippen LogP contribution in [0.2, 0.25) is 0 Å². The molecule has 0 amide bonds. The van der Waals surface area contributed by atoms with E-state index in [1.165, 1.54) is 25.2 Å². The van der Waals surface area contributed by atoms with Crippen molar-refractivity contribution in [1.29, 1.82) is 0 Å². The van der Waals surface area contributed by atoms with Crippen LogP contribution in [0.3, 0.4) is 0 Å². The zero-order chi connectivity index (χ0) is 12.3. The molecular weight excluding hydrogens is 238 g/mol. The summed E-state index contributed by atoms with van der Waals surface area (Å²) in [6.07, 6.45) is 8.39. The first-order valence-electron chi connectivity index (χ1n) is 5.56. The number of nitrogens with one attached hydrogen (secondary N) is 1. The molecule has 1 saturated carbocycles. The van der Waals surface area contributed by atoms with Crippen molar-refractivity contribution in [3.63, 3.8) is 0 Å². The molecule has 0 bridgehead atoms. The first kappa shape index (κ1) is 12.2. The number of hydrogen-bond donors (Lipinski definition) is 2. The molecule has 17 heavy (non-hydrogen) atoms. The largest absolute Gasteiger partial charge is 0.476 e. The predicted octanol–water partition coefficient (Wildman–Crippen LogP) is 1.87. The van der Waals surface area contributed by atoms with Crippen LogP contribution < -0.4 is 5.32 Å². The third-order valence-electron chi connectivity index (χ3n) is 2.98. The van der Waals surface area contributed by atoms with Crippen molar-refractivity contribution in [1.82, 2.24) is 9.97 Å². The molecule has 1 aliphatic rings. The van der Waals surface area contributed by atoms with Crippen LogP contribution in [0.4, 0.5) is 5.82 Å². The second-order valence-corrected chi connectivity index (χ2v) is 5.09. The summed E-state index contributed by atoms with van der Waals surface area (Å²) < 4.78 is 0. The summed E-state index contributed by atoms with van der Waals surface area (Å²) >= 11 is 1.82. The summed E-state index contributed by atoms with van der Waals surface area (Å²) in [5.74, 6) is -0.662. The smallest absolute Gasteiger partial charge is 0.358 e. The molecule has 1 fully saturated rings. The van der Waals surface area contributed by atoms with E-state index in [0.717, 1.165) is 6.42 Å². The summed E-state index contributed by atoms with van der Waals surface area (Å²) in [7, 11) is 0. The van der Waals surface area contributed by atoms with E-state index in [1.54, 1.807) is 0 Å². The van der Waals surface area contributed by atoms with E-state index in [-0.39, 0.29) is 5.69 Å². The van der Waals surface area contributed by atoms with Crippen molar-refractivity contribution in [2.24, 2.45) is 0 Å². The Hall–Kier alpha value is -1.30. The van der Waals surface area contributed by atoms with Crippen molar-refractivity contribution in [2.75, 3.05) is 11.6 Å². The molecule has 92 valence electrons. The third kappa shape index (κ3) is 2.69. The third-order valence-corrected chi connectivity index (χ3v) is 4.15. The van der Waals surface area contributed by atoms with Crippen molar-refractivity contribution in [2.45, 2.75) is 30.6 Å². The molecular formula is C11H15N3O2S. The lowest BCUT2D eigenvalue weighted by Crippen LogP contribution is -2.27. The van der Waals surface area contributed by atoms with Gasteiger partial charge in [-0.15, -0.1) is 0 Å². The number of anilines is 1. The van der Waals surface area contributed by atoms with Gasteiger partial charge in [0.2, 0.25) is 0 Å². The van der Waals surface area contributed by atoms with Crippen LogP contribution in [-0.4, -0.2) is 38.6 Å². The van der Waals surface area contributed by atoms with Gasteiger partial charge in [0, 0.05) is 23.7 Å². The number of carboxylic acids is 1. The molecule has 6 heteroatoms. The fourth-order valence-corrected chi connectivity index (χ4v) is 3.08. The molecule has 0 spiro atoms. The Kier molecular flexibility index (Phi) is 3.83. The molecule has 0 saturated heterocycles. The zero-order valence-corrected chi connectivity index (χ0v) is 10.4. The first-order valence-corrected chi connectivity index (χ1v) is 6.85. The van der Waals surface area contributed by atoms with E-state index in [4.69, 9.17) is 5.11 Å². The predicted molar refractivity (Wildman–Crippen MR) is 67.6 cm³/mol. The Morgan fingerprint density at radius 3 is 2.94 bits per heavy atom. The highest BCUT2D eigenvalue weighted by Crippen LogP contribution is 2.30. The standard InChI is InChI=1S/C11H15N3O2S/c1-17-8-4-2-3-7(8)14-10-9(11(15)16)12-5-6-13-10/h5-8H,2-4H2,1H3,(H,13,14)(H,15,16). The summed E-state index contributed by atoms with van der Waals surface area (Å²) in [6, 6.07) is 0.291. The Morgan fingerprint density at radius 1 is 1.47 bits per heavy atom. The number of thioether (sulfide) groups is 1. The SMILES string of the molecule is CSC1CCCC1Nc1nccnc1C(=O)O. The molecule has 5 nitrogen and oxygen atoms in total. The van der Waals surface area contributed by atoms with Gasteiger partial charge < -0.3 is 10.4 Å². The molecule has 2 rings (SSSR count). The molecule has 1 heterocycles. The van der Waals surface area contributed by atoms with Gasteiger partial charge in [-0.3, -0.25) is 0 Å². The highest BCUT2D eigenvalue weighted by molar-refractivity contribution is 7.99. The number of hydrogen-bond acceptors (Lipinski definition) is 5. The van der Waals surface area contributed by atoms with E-state index in [9.17, 15) is 4.79 Å². The van der Waals surface area contributed by atoms with E-state index in [2.05, 4.69) is 21.5 Å². The molecule has 1 aromatic rings. The molecule has 2 unspecified atom stereocenters. The van der Waals surface area contributed by atoms with Gasteiger partial charge in [-0.1, -0.05) is 6.42 Å². The van der Waals surface area contributed by atoms with E-state index < -0.39 is 5.97 Å². The lowest BCUT2D eigenvalue weighted by atomic mass is 10.2. The van der Waals surface area contributed by atoms with Crippen molar-refractivity contribution in [3.05, 3.63) is 18.1 Å². The van der Waals surface area contributed by atoms with Crippen molar-refractivity contribution >= 4 is 23.5 Å². The zero-order valence-electron chi connectivity index (χ0n) is 9.59. The summed E-state index contributed by atoms with van der Waals surface area (Å²) in [4.78, 5) is 18.9. The van der Waals surface area contributed by atoms with Gasteiger partial charge in [0.1, 0.15) is 0 Å². The quantitative estimate of drug-likeness (QED) is 0.853. The Morgan fingerprint density at radius 2 is 2.24 bits per heavy atom. The molecule has 1 aromatic heterocycles. The van der Waals surface area contributed by atoms with Crippen LogP contribution in [0, 0.1) is 0 Å². The molecule has 1 aliphatic carbocycles. The normalized spacial score (nSPS) is 23.6. The summed E-state index contributed by atoms with van der Waals surface area (Å²) in [5, 5.41) is 12.8. The summed E-state index contributed by atoms with van der Waals surface area (Å²) in [5.41, 5.74) is -0.000692. The monoisotopic (exact) mass is 253 g/mol. The van der Waals surface area contributed by atoms with E-state index in [1.807, 2.05) is 11.8 Å². The molecule has 0 aliphatic heterocycles.